The Balaban J connectivity index is 1.82. The Bertz CT molecular complexity index is 879. The summed E-state index contributed by atoms with van der Waals surface area (Å²) in [6.45, 7) is 3.67. The molecule has 1 aliphatic rings. The van der Waals surface area contributed by atoms with Gasteiger partial charge in [0.25, 0.3) is 0 Å². The summed E-state index contributed by atoms with van der Waals surface area (Å²) in [7, 11) is 0. The van der Waals surface area contributed by atoms with Crippen molar-refractivity contribution in [1.82, 2.24) is 0 Å². The van der Waals surface area contributed by atoms with Crippen molar-refractivity contribution in [2.45, 2.75) is 20.3 Å². The zero-order valence-corrected chi connectivity index (χ0v) is 14.0. The van der Waals surface area contributed by atoms with Crippen LogP contribution in [0.4, 0.5) is 0 Å². The van der Waals surface area contributed by atoms with Gasteiger partial charge in [-0.25, -0.2) is 9.79 Å². The number of hydrogen-bond acceptors (Lipinski definition) is 5. The fourth-order valence-corrected chi connectivity index (χ4v) is 2.33. The smallest absolute Gasteiger partial charge is 0.363 e. The summed E-state index contributed by atoms with van der Waals surface area (Å²) in [6, 6.07) is 14.4. The molecular weight excluding hydrogens is 318 g/mol. The predicted octanol–water partition coefficient (Wildman–Crippen LogP) is 3.65. The number of benzene rings is 2. The van der Waals surface area contributed by atoms with Crippen LogP contribution in [-0.2, 0) is 14.3 Å². The van der Waals surface area contributed by atoms with E-state index in [0.717, 1.165) is 16.7 Å². The van der Waals surface area contributed by atoms with Gasteiger partial charge in [0.05, 0.1) is 0 Å². The molecule has 1 aliphatic heterocycles. The largest absolute Gasteiger partial charge is 0.427 e. The third-order valence-corrected chi connectivity index (χ3v) is 3.70. The second kappa shape index (κ2) is 7.13. The monoisotopic (exact) mass is 335 g/mol. The number of aliphatic imine (C=N–C) groups is 1. The lowest BCUT2D eigenvalue weighted by atomic mass is 10.1. The molecule has 25 heavy (non-hydrogen) atoms. The summed E-state index contributed by atoms with van der Waals surface area (Å²) >= 11 is 0. The lowest BCUT2D eigenvalue weighted by molar-refractivity contribution is -0.134. The SMILES string of the molecule is CCC(=O)Oc1ccc(C=C2N=C(c3ccccc3C)OC2=O)cc1. The van der Waals surface area contributed by atoms with Gasteiger partial charge < -0.3 is 9.47 Å². The molecule has 0 fully saturated rings. The maximum Gasteiger partial charge on any atom is 0.363 e. The first-order chi connectivity index (χ1) is 12.1. The summed E-state index contributed by atoms with van der Waals surface area (Å²) < 4.78 is 10.4. The third kappa shape index (κ3) is 3.83. The number of carbonyl (C=O) groups excluding carboxylic acids is 2. The van der Waals surface area contributed by atoms with E-state index in [4.69, 9.17) is 9.47 Å². The topological polar surface area (TPSA) is 65.0 Å². The van der Waals surface area contributed by atoms with Crippen molar-refractivity contribution in [3.63, 3.8) is 0 Å². The van der Waals surface area contributed by atoms with E-state index in [1.54, 1.807) is 37.3 Å². The highest BCUT2D eigenvalue weighted by atomic mass is 16.6. The quantitative estimate of drug-likeness (QED) is 0.486. The maximum absolute atomic E-state index is 12.1. The molecule has 5 nitrogen and oxygen atoms in total. The minimum atomic E-state index is -0.486. The van der Waals surface area contributed by atoms with E-state index in [0.29, 0.717) is 18.1 Å². The van der Waals surface area contributed by atoms with Crippen molar-refractivity contribution in [3.8, 4) is 5.75 Å². The van der Waals surface area contributed by atoms with Gasteiger partial charge in [0, 0.05) is 12.0 Å². The van der Waals surface area contributed by atoms with Gasteiger partial charge in [0.15, 0.2) is 5.70 Å². The predicted molar refractivity (Wildman–Crippen MR) is 94.2 cm³/mol. The number of aryl methyl sites for hydroxylation is 1. The molecule has 2 aromatic rings. The highest BCUT2D eigenvalue weighted by Crippen LogP contribution is 2.22. The van der Waals surface area contributed by atoms with Crippen LogP contribution in [0.15, 0.2) is 59.2 Å². The molecule has 126 valence electrons. The van der Waals surface area contributed by atoms with E-state index in [1.807, 2.05) is 31.2 Å². The zero-order chi connectivity index (χ0) is 17.8. The van der Waals surface area contributed by atoms with Gasteiger partial charge in [-0.05, 0) is 42.3 Å². The van der Waals surface area contributed by atoms with Gasteiger partial charge in [0.2, 0.25) is 5.90 Å². The Morgan fingerprint density at radius 2 is 1.88 bits per heavy atom. The lowest BCUT2D eigenvalue weighted by Crippen LogP contribution is -2.06. The molecule has 0 bridgehead atoms. The molecule has 0 saturated carbocycles. The van der Waals surface area contributed by atoms with Gasteiger partial charge >= 0.3 is 11.9 Å². The number of rotatable bonds is 4. The fraction of sp³-hybridized carbons (Fsp3) is 0.150. The first-order valence-corrected chi connectivity index (χ1v) is 7.96. The summed E-state index contributed by atoms with van der Waals surface area (Å²) in [6.07, 6.45) is 1.95. The average Bonchev–Trinajstić information content (AvgIpc) is 2.97. The first kappa shape index (κ1) is 16.6. The first-order valence-electron chi connectivity index (χ1n) is 7.96. The van der Waals surface area contributed by atoms with Crippen LogP contribution < -0.4 is 4.74 Å². The van der Waals surface area contributed by atoms with Crippen LogP contribution in [0.25, 0.3) is 6.08 Å². The van der Waals surface area contributed by atoms with Crippen molar-refractivity contribution in [1.29, 1.82) is 0 Å². The molecule has 0 aliphatic carbocycles. The van der Waals surface area contributed by atoms with Crippen LogP contribution >= 0.6 is 0 Å². The molecule has 0 N–H and O–H groups in total. The van der Waals surface area contributed by atoms with E-state index in [1.165, 1.54) is 0 Å². The third-order valence-electron chi connectivity index (χ3n) is 3.70. The minimum absolute atomic E-state index is 0.233. The molecule has 0 saturated heterocycles. The molecule has 0 unspecified atom stereocenters. The van der Waals surface area contributed by atoms with Crippen LogP contribution in [0.5, 0.6) is 5.75 Å². The van der Waals surface area contributed by atoms with Crippen LogP contribution in [-0.4, -0.2) is 17.8 Å². The average molecular weight is 335 g/mol. The zero-order valence-electron chi connectivity index (χ0n) is 14.0. The van der Waals surface area contributed by atoms with E-state index < -0.39 is 5.97 Å². The second-order valence-electron chi connectivity index (χ2n) is 5.55. The van der Waals surface area contributed by atoms with E-state index in [9.17, 15) is 9.59 Å². The number of esters is 2. The highest BCUT2D eigenvalue weighted by Gasteiger charge is 2.24. The van der Waals surface area contributed by atoms with Crippen molar-refractivity contribution in [2.24, 2.45) is 4.99 Å². The number of cyclic esters (lactones) is 1. The van der Waals surface area contributed by atoms with Crippen LogP contribution in [0.1, 0.15) is 30.0 Å². The second-order valence-corrected chi connectivity index (χ2v) is 5.55. The molecule has 0 amide bonds. The van der Waals surface area contributed by atoms with Crippen LogP contribution in [0.2, 0.25) is 0 Å². The van der Waals surface area contributed by atoms with Crippen LogP contribution in [0.3, 0.4) is 0 Å². The van der Waals surface area contributed by atoms with Crippen molar-refractivity contribution in [2.75, 3.05) is 0 Å². The van der Waals surface area contributed by atoms with Crippen molar-refractivity contribution < 1.29 is 19.1 Å². The minimum Gasteiger partial charge on any atom is -0.427 e. The van der Waals surface area contributed by atoms with E-state index in [-0.39, 0.29) is 11.7 Å². The van der Waals surface area contributed by atoms with Gasteiger partial charge in [-0.2, -0.15) is 0 Å². The molecule has 0 spiro atoms. The Kier molecular flexibility index (Phi) is 4.75. The molecule has 0 radical (unpaired) electrons. The molecular formula is C20H17NO4. The molecule has 5 heteroatoms. The Morgan fingerprint density at radius 1 is 1.16 bits per heavy atom. The summed E-state index contributed by atoms with van der Waals surface area (Å²) in [5.41, 5.74) is 2.77. The summed E-state index contributed by atoms with van der Waals surface area (Å²) in [5.74, 6) is -0.00682. The Morgan fingerprint density at radius 3 is 2.56 bits per heavy atom. The van der Waals surface area contributed by atoms with Crippen molar-refractivity contribution in [3.05, 3.63) is 70.9 Å². The number of nitrogens with zero attached hydrogens (tertiary/aromatic N) is 1. The van der Waals surface area contributed by atoms with Gasteiger partial charge in [0.1, 0.15) is 5.75 Å². The summed E-state index contributed by atoms with van der Waals surface area (Å²) in [5, 5.41) is 0. The van der Waals surface area contributed by atoms with Gasteiger partial charge in [-0.1, -0.05) is 37.3 Å². The molecule has 3 rings (SSSR count). The Hall–Kier alpha value is -3.21. The van der Waals surface area contributed by atoms with E-state index in [2.05, 4.69) is 4.99 Å². The normalized spacial score (nSPS) is 15.0. The molecule has 1 heterocycles. The molecule has 0 atom stereocenters. The van der Waals surface area contributed by atoms with E-state index >= 15 is 0 Å². The summed E-state index contributed by atoms with van der Waals surface area (Å²) in [4.78, 5) is 27.6. The standard InChI is InChI=1S/C20H17NO4/c1-3-18(22)24-15-10-8-14(9-11-15)12-17-20(23)25-19(21-17)16-7-5-4-6-13(16)2/h4-12H,3H2,1-2H3. The molecule has 2 aromatic carbocycles. The number of carbonyl (C=O) groups is 2. The van der Waals surface area contributed by atoms with Crippen LogP contribution in [0, 0.1) is 6.92 Å². The van der Waals surface area contributed by atoms with Gasteiger partial charge in [-0.3, -0.25) is 4.79 Å². The maximum atomic E-state index is 12.1. The lowest BCUT2D eigenvalue weighted by Gasteiger charge is -2.02. The fourth-order valence-electron chi connectivity index (χ4n) is 2.33. The Labute approximate surface area is 145 Å². The number of hydrogen-bond donors (Lipinski definition) is 0. The van der Waals surface area contributed by atoms with Gasteiger partial charge in [-0.15, -0.1) is 0 Å². The van der Waals surface area contributed by atoms with Crippen molar-refractivity contribution >= 4 is 23.9 Å². The number of ether oxygens (including phenoxy) is 2. The highest BCUT2D eigenvalue weighted by molar-refractivity contribution is 6.13. The molecule has 0 aromatic heterocycles.